The Morgan fingerprint density at radius 3 is 2.59 bits per heavy atom. The summed E-state index contributed by atoms with van der Waals surface area (Å²) in [4.78, 5) is 36.2. The number of likely N-dealkylation sites (tertiary alicyclic amines) is 1. The van der Waals surface area contributed by atoms with Gasteiger partial charge in [-0.25, -0.2) is 0 Å². The normalized spacial score (nSPS) is 22.1. The second-order valence-corrected chi connectivity index (χ2v) is 5.87. The minimum Gasteiger partial charge on any atom is -0.480 e. The smallest absolute Gasteiger partial charge is 0.322 e. The van der Waals surface area contributed by atoms with Crippen molar-refractivity contribution in [2.75, 3.05) is 26.2 Å². The van der Waals surface area contributed by atoms with Crippen molar-refractivity contribution in [3.05, 3.63) is 0 Å². The van der Waals surface area contributed by atoms with Gasteiger partial charge in [-0.05, 0) is 26.2 Å². The zero-order chi connectivity index (χ0) is 16.5. The molecular formula is C15H27N3O4. The molecule has 0 aromatic heterocycles. The third kappa shape index (κ3) is 6.43. The molecule has 1 fully saturated rings. The number of carboxylic acid groups (broad SMARTS) is 1. The van der Waals surface area contributed by atoms with Crippen LogP contribution in [0.2, 0.25) is 0 Å². The second kappa shape index (κ2) is 9.40. The molecule has 2 atom stereocenters. The van der Waals surface area contributed by atoms with E-state index < -0.39 is 5.97 Å². The number of carbonyl (C=O) groups excluding carboxylic acids is 2. The predicted octanol–water partition coefficient (Wildman–Crippen LogP) is 0.204. The molecule has 1 rings (SSSR count). The quantitative estimate of drug-likeness (QED) is 0.556. The van der Waals surface area contributed by atoms with Crippen LogP contribution in [0, 0.1) is 5.92 Å². The zero-order valence-electron chi connectivity index (χ0n) is 13.4. The van der Waals surface area contributed by atoms with Crippen molar-refractivity contribution in [2.45, 2.75) is 45.6 Å². The highest BCUT2D eigenvalue weighted by molar-refractivity contribution is 5.83. The molecule has 0 saturated carbocycles. The molecule has 126 valence electrons. The molecule has 3 N–H and O–H groups in total. The van der Waals surface area contributed by atoms with E-state index in [0.29, 0.717) is 13.1 Å². The number of carbonyl (C=O) groups is 3. The van der Waals surface area contributed by atoms with Gasteiger partial charge in [0.25, 0.3) is 0 Å². The van der Waals surface area contributed by atoms with Gasteiger partial charge in [-0.1, -0.05) is 13.3 Å². The molecule has 0 spiro atoms. The summed E-state index contributed by atoms with van der Waals surface area (Å²) < 4.78 is 0. The standard InChI is InChI=1S/C15H27N3O4/c1-3-4-7-16-15(22)12-6-5-11(2)18(9-12)10-13(19)17-8-14(20)21/h11-12H,3-10H2,1-2H3,(H,16,22)(H,17,19)(H,20,21). The third-order valence-electron chi connectivity index (χ3n) is 3.99. The van der Waals surface area contributed by atoms with Crippen LogP contribution in [0.3, 0.4) is 0 Å². The fourth-order valence-electron chi connectivity index (χ4n) is 2.56. The number of unbranched alkanes of at least 4 members (excludes halogenated alkanes) is 1. The first-order chi connectivity index (χ1) is 10.4. The number of nitrogens with zero attached hydrogens (tertiary/aromatic N) is 1. The number of rotatable bonds is 8. The molecule has 0 aromatic rings. The fraction of sp³-hybridized carbons (Fsp3) is 0.800. The van der Waals surface area contributed by atoms with E-state index >= 15 is 0 Å². The topological polar surface area (TPSA) is 98.7 Å². The Labute approximate surface area is 131 Å². The van der Waals surface area contributed by atoms with Crippen molar-refractivity contribution in [1.82, 2.24) is 15.5 Å². The lowest BCUT2D eigenvalue weighted by Gasteiger charge is -2.36. The third-order valence-corrected chi connectivity index (χ3v) is 3.99. The van der Waals surface area contributed by atoms with Gasteiger partial charge in [-0.3, -0.25) is 19.3 Å². The van der Waals surface area contributed by atoms with E-state index in [1.54, 1.807) is 0 Å². The Hall–Kier alpha value is -1.63. The van der Waals surface area contributed by atoms with Gasteiger partial charge < -0.3 is 15.7 Å². The van der Waals surface area contributed by atoms with Gasteiger partial charge in [-0.15, -0.1) is 0 Å². The first kappa shape index (κ1) is 18.4. The molecule has 0 aromatic carbocycles. The Balaban J connectivity index is 2.43. The molecule has 7 nitrogen and oxygen atoms in total. The fourth-order valence-corrected chi connectivity index (χ4v) is 2.56. The van der Waals surface area contributed by atoms with Gasteiger partial charge in [0, 0.05) is 19.1 Å². The number of nitrogens with one attached hydrogen (secondary N) is 2. The summed E-state index contributed by atoms with van der Waals surface area (Å²) in [6, 6.07) is 0.218. The van der Waals surface area contributed by atoms with Crippen molar-refractivity contribution in [2.24, 2.45) is 5.92 Å². The molecule has 2 amide bonds. The number of piperidine rings is 1. The van der Waals surface area contributed by atoms with E-state index in [-0.39, 0.29) is 36.9 Å². The van der Waals surface area contributed by atoms with Crippen molar-refractivity contribution >= 4 is 17.8 Å². The number of amides is 2. The Morgan fingerprint density at radius 1 is 1.23 bits per heavy atom. The number of aliphatic carboxylic acids is 1. The minimum absolute atomic E-state index is 0.0521. The van der Waals surface area contributed by atoms with Crippen LogP contribution in [0.5, 0.6) is 0 Å². The van der Waals surface area contributed by atoms with Crippen molar-refractivity contribution in [3.63, 3.8) is 0 Å². The van der Waals surface area contributed by atoms with Crippen LogP contribution in [0.25, 0.3) is 0 Å². The lowest BCUT2D eigenvalue weighted by molar-refractivity contribution is -0.138. The highest BCUT2D eigenvalue weighted by Crippen LogP contribution is 2.21. The van der Waals surface area contributed by atoms with Crippen LogP contribution in [0.1, 0.15) is 39.5 Å². The summed E-state index contributed by atoms with van der Waals surface area (Å²) >= 11 is 0. The maximum Gasteiger partial charge on any atom is 0.322 e. The number of hydrogen-bond donors (Lipinski definition) is 3. The monoisotopic (exact) mass is 313 g/mol. The first-order valence-corrected chi connectivity index (χ1v) is 7.94. The summed E-state index contributed by atoms with van der Waals surface area (Å²) in [6.07, 6.45) is 3.69. The van der Waals surface area contributed by atoms with Gasteiger partial charge in [-0.2, -0.15) is 0 Å². The van der Waals surface area contributed by atoms with Crippen LogP contribution < -0.4 is 10.6 Å². The van der Waals surface area contributed by atoms with E-state index in [1.165, 1.54) is 0 Å². The van der Waals surface area contributed by atoms with Crippen molar-refractivity contribution in [1.29, 1.82) is 0 Å². The highest BCUT2D eigenvalue weighted by Gasteiger charge is 2.30. The summed E-state index contributed by atoms with van der Waals surface area (Å²) in [5, 5.41) is 13.8. The van der Waals surface area contributed by atoms with Crippen LogP contribution in [0.15, 0.2) is 0 Å². The molecule has 0 bridgehead atoms. The van der Waals surface area contributed by atoms with Gasteiger partial charge >= 0.3 is 5.97 Å². The predicted molar refractivity (Wildman–Crippen MR) is 82.3 cm³/mol. The molecule has 1 aliphatic rings. The summed E-state index contributed by atoms with van der Waals surface area (Å²) in [6.45, 7) is 5.09. The molecule has 1 aliphatic heterocycles. The van der Waals surface area contributed by atoms with E-state index in [4.69, 9.17) is 5.11 Å². The van der Waals surface area contributed by atoms with Crippen LogP contribution >= 0.6 is 0 Å². The van der Waals surface area contributed by atoms with E-state index in [2.05, 4.69) is 17.6 Å². The molecule has 2 unspecified atom stereocenters. The lowest BCUT2D eigenvalue weighted by atomic mass is 9.92. The summed E-state index contributed by atoms with van der Waals surface area (Å²) in [5.74, 6) is -1.42. The van der Waals surface area contributed by atoms with Crippen molar-refractivity contribution in [3.8, 4) is 0 Å². The lowest BCUT2D eigenvalue weighted by Crippen LogP contribution is -2.50. The number of hydrogen-bond acceptors (Lipinski definition) is 4. The molecule has 0 aliphatic carbocycles. The van der Waals surface area contributed by atoms with E-state index in [9.17, 15) is 14.4 Å². The van der Waals surface area contributed by atoms with Crippen LogP contribution in [-0.2, 0) is 14.4 Å². The van der Waals surface area contributed by atoms with E-state index in [0.717, 1.165) is 25.7 Å². The molecule has 7 heteroatoms. The van der Waals surface area contributed by atoms with Gasteiger partial charge in [0.1, 0.15) is 6.54 Å². The molecule has 22 heavy (non-hydrogen) atoms. The van der Waals surface area contributed by atoms with Gasteiger partial charge in [0.05, 0.1) is 12.5 Å². The second-order valence-electron chi connectivity index (χ2n) is 5.87. The molecular weight excluding hydrogens is 286 g/mol. The Morgan fingerprint density at radius 2 is 1.95 bits per heavy atom. The summed E-state index contributed by atoms with van der Waals surface area (Å²) in [5.41, 5.74) is 0. The average Bonchev–Trinajstić information content (AvgIpc) is 2.47. The largest absolute Gasteiger partial charge is 0.480 e. The SMILES string of the molecule is CCCCNC(=O)C1CCC(C)N(CC(=O)NCC(=O)O)C1. The zero-order valence-corrected chi connectivity index (χ0v) is 13.4. The van der Waals surface area contributed by atoms with Crippen LogP contribution in [0.4, 0.5) is 0 Å². The van der Waals surface area contributed by atoms with Crippen LogP contribution in [-0.4, -0.2) is 60.0 Å². The Kier molecular flexibility index (Phi) is 7.87. The Bertz CT molecular complexity index is 400. The van der Waals surface area contributed by atoms with Gasteiger partial charge in [0.2, 0.25) is 11.8 Å². The molecule has 1 heterocycles. The summed E-state index contributed by atoms with van der Waals surface area (Å²) in [7, 11) is 0. The first-order valence-electron chi connectivity index (χ1n) is 7.94. The highest BCUT2D eigenvalue weighted by atomic mass is 16.4. The van der Waals surface area contributed by atoms with Crippen molar-refractivity contribution < 1.29 is 19.5 Å². The molecule has 0 radical (unpaired) electrons. The van der Waals surface area contributed by atoms with Gasteiger partial charge in [0.15, 0.2) is 0 Å². The average molecular weight is 313 g/mol. The minimum atomic E-state index is -1.06. The van der Waals surface area contributed by atoms with E-state index in [1.807, 2.05) is 11.8 Å². The maximum absolute atomic E-state index is 12.1. The maximum atomic E-state index is 12.1. The number of carboxylic acids is 1. The molecule has 1 saturated heterocycles.